The molecule has 1 nitrogen and oxygen atoms in total. The van der Waals surface area contributed by atoms with Gasteiger partial charge in [0.25, 0.3) is 0 Å². The summed E-state index contributed by atoms with van der Waals surface area (Å²) in [6, 6.07) is 4.29. The summed E-state index contributed by atoms with van der Waals surface area (Å²) in [5.41, 5.74) is 3.93. The molecule has 1 unspecified atom stereocenters. The third-order valence-electron chi connectivity index (χ3n) is 2.30. The van der Waals surface area contributed by atoms with E-state index in [-0.39, 0.29) is 0 Å². The van der Waals surface area contributed by atoms with Gasteiger partial charge in [-0.1, -0.05) is 28.1 Å². The number of ether oxygens (including phenoxy) is 1. The Morgan fingerprint density at radius 1 is 1.42 bits per heavy atom. The molecule has 1 heterocycles. The quantitative estimate of drug-likeness (QED) is 0.671. The smallest absolute Gasteiger partial charge is 0.106 e. The lowest BCUT2D eigenvalue weighted by Crippen LogP contribution is -1.90. The van der Waals surface area contributed by atoms with Crippen LogP contribution in [0, 0.1) is 13.8 Å². The second-order valence-electron chi connectivity index (χ2n) is 3.23. The minimum Gasteiger partial charge on any atom is -0.368 e. The molecule has 1 aromatic carbocycles. The molecule has 1 atom stereocenters. The lowest BCUT2D eigenvalue weighted by atomic mass is 10.0. The van der Waals surface area contributed by atoms with Crippen LogP contribution in [0.15, 0.2) is 16.6 Å². The molecule has 1 aliphatic heterocycles. The predicted molar refractivity (Wildman–Crippen MR) is 52.3 cm³/mol. The number of hydrogen-bond donors (Lipinski definition) is 0. The SMILES string of the molecule is Cc1ccc(C2CO2)c(C)c1Br. The maximum Gasteiger partial charge on any atom is 0.106 e. The van der Waals surface area contributed by atoms with Gasteiger partial charge < -0.3 is 4.74 Å². The van der Waals surface area contributed by atoms with Crippen molar-refractivity contribution in [1.29, 1.82) is 0 Å². The summed E-state index contributed by atoms with van der Waals surface area (Å²) in [6.07, 6.45) is 0.363. The second kappa shape index (κ2) is 2.86. The Morgan fingerprint density at radius 3 is 2.67 bits per heavy atom. The van der Waals surface area contributed by atoms with Crippen LogP contribution in [0.1, 0.15) is 22.8 Å². The van der Waals surface area contributed by atoms with Crippen molar-refractivity contribution in [3.8, 4) is 0 Å². The highest BCUT2D eigenvalue weighted by atomic mass is 79.9. The van der Waals surface area contributed by atoms with Crippen LogP contribution in [0.2, 0.25) is 0 Å². The maximum atomic E-state index is 5.25. The van der Waals surface area contributed by atoms with Crippen molar-refractivity contribution in [2.75, 3.05) is 6.61 Å². The van der Waals surface area contributed by atoms with Gasteiger partial charge in [-0.3, -0.25) is 0 Å². The first-order valence-corrected chi connectivity index (χ1v) is 4.86. The van der Waals surface area contributed by atoms with Gasteiger partial charge in [0.15, 0.2) is 0 Å². The summed E-state index contributed by atoms with van der Waals surface area (Å²) in [6.45, 7) is 5.12. The van der Waals surface area contributed by atoms with Crippen LogP contribution in [0.3, 0.4) is 0 Å². The van der Waals surface area contributed by atoms with Gasteiger partial charge in [0.2, 0.25) is 0 Å². The number of hydrogen-bond acceptors (Lipinski definition) is 1. The molecule has 0 amide bonds. The summed E-state index contributed by atoms with van der Waals surface area (Å²) >= 11 is 3.57. The zero-order valence-electron chi connectivity index (χ0n) is 7.23. The van der Waals surface area contributed by atoms with Crippen molar-refractivity contribution in [3.05, 3.63) is 33.3 Å². The molecule has 2 rings (SSSR count). The molecule has 0 N–H and O–H groups in total. The Bertz CT molecular complexity index is 316. The van der Waals surface area contributed by atoms with Gasteiger partial charge in [-0.05, 0) is 30.5 Å². The van der Waals surface area contributed by atoms with Gasteiger partial charge in [-0.15, -0.1) is 0 Å². The Labute approximate surface area is 80.9 Å². The Kier molecular flexibility index (Phi) is 1.97. The van der Waals surface area contributed by atoms with E-state index in [1.165, 1.54) is 21.2 Å². The number of rotatable bonds is 1. The molecule has 1 aliphatic rings. The van der Waals surface area contributed by atoms with E-state index in [0.29, 0.717) is 6.10 Å². The van der Waals surface area contributed by atoms with Gasteiger partial charge in [-0.2, -0.15) is 0 Å². The van der Waals surface area contributed by atoms with Crippen LogP contribution in [-0.2, 0) is 4.74 Å². The summed E-state index contributed by atoms with van der Waals surface area (Å²) in [5.74, 6) is 0. The molecule has 12 heavy (non-hydrogen) atoms. The molecule has 0 aliphatic carbocycles. The Morgan fingerprint density at radius 2 is 2.08 bits per heavy atom. The fourth-order valence-electron chi connectivity index (χ4n) is 1.41. The van der Waals surface area contributed by atoms with Crippen molar-refractivity contribution in [2.24, 2.45) is 0 Å². The largest absolute Gasteiger partial charge is 0.368 e. The van der Waals surface area contributed by atoms with E-state index in [1.807, 2.05) is 0 Å². The first-order chi connectivity index (χ1) is 5.70. The third kappa shape index (κ3) is 1.29. The molecule has 1 saturated heterocycles. The molecular weight excluding hydrogens is 216 g/mol. The molecule has 0 radical (unpaired) electrons. The first kappa shape index (κ1) is 8.27. The van der Waals surface area contributed by atoms with Crippen LogP contribution in [0.5, 0.6) is 0 Å². The highest BCUT2D eigenvalue weighted by Gasteiger charge is 2.26. The zero-order valence-corrected chi connectivity index (χ0v) is 8.81. The van der Waals surface area contributed by atoms with Crippen LogP contribution >= 0.6 is 15.9 Å². The van der Waals surface area contributed by atoms with Crippen LogP contribution in [-0.4, -0.2) is 6.61 Å². The van der Waals surface area contributed by atoms with E-state index in [1.54, 1.807) is 0 Å². The molecule has 1 aromatic rings. The Hall–Kier alpha value is -0.340. The molecule has 2 heteroatoms. The highest BCUT2D eigenvalue weighted by Crippen LogP contribution is 2.35. The summed E-state index contributed by atoms with van der Waals surface area (Å²) in [4.78, 5) is 0. The first-order valence-electron chi connectivity index (χ1n) is 4.07. The van der Waals surface area contributed by atoms with Crippen LogP contribution < -0.4 is 0 Å². The molecule has 0 saturated carbocycles. The van der Waals surface area contributed by atoms with E-state index in [0.717, 1.165) is 6.61 Å². The molecule has 0 aromatic heterocycles. The van der Waals surface area contributed by atoms with Gasteiger partial charge in [0, 0.05) is 4.47 Å². The maximum absolute atomic E-state index is 5.25. The van der Waals surface area contributed by atoms with Gasteiger partial charge in [-0.25, -0.2) is 0 Å². The number of aryl methyl sites for hydroxylation is 1. The normalized spacial score (nSPS) is 21.1. The summed E-state index contributed by atoms with van der Waals surface area (Å²) < 4.78 is 6.47. The van der Waals surface area contributed by atoms with E-state index in [9.17, 15) is 0 Å². The molecule has 64 valence electrons. The monoisotopic (exact) mass is 226 g/mol. The van der Waals surface area contributed by atoms with Gasteiger partial charge in [0.05, 0.1) is 6.61 Å². The molecule has 1 fully saturated rings. The van der Waals surface area contributed by atoms with Crippen LogP contribution in [0.4, 0.5) is 0 Å². The highest BCUT2D eigenvalue weighted by molar-refractivity contribution is 9.10. The minimum atomic E-state index is 0.363. The lowest BCUT2D eigenvalue weighted by Gasteiger charge is -2.06. The van der Waals surface area contributed by atoms with E-state index in [4.69, 9.17) is 4.74 Å². The standard InChI is InChI=1S/C10H11BrO/c1-6-3-4-8(9-5-12-9)7(2)10(6)11/h3-4,9H,5H2,1-2H3. The average molecular weight is 227 g/mol. The minimum absolute atomic E-state index is 0.363. The third-order valence-corrected chi connectivity index (χ3v) is 3.52. The molecule has 0 bridgehead atoms. The van der Waals surface area contributed by atoms with Crippen molar-refractivity contribution in [3.63, 3.8) is 0 Å². The summed E-state index contributed by atoms with van der Waals surface area (Å²) in [5, 5.41) is 0. The van der Waals surface area contributed by atoms with E-state index < -0.39 is 0 Å². The number of benzene rings is 1. The predicted octanol–water partition coefficient (Wildman–Crippen LogP) is 3.14. The van der Waals surface area contributed by atoms with Crippen molar-refractivity contribution in [1.82, 2.24) is 0 Å². The van der Waals surface area contributed by atoms with Crippen LogP contribution in [0.25, 0.3) is 0 Å². The van der Waals surface area contributed by atoms with Gasteiger partial charge in [0.1, 0.15) is 6.10 Å². The van der Waals surface area contributed by atoms with Crippen molar-refractivity contribution < 1.29 is 4.74 Å². The second-order valence-corrected chi connectivity index (χ2v) is 4.03. The topological polar surface area (TPSA) is 12.5 Å². The number of halogens is 1. The van der Waals surface area contributed by atoms with Crippen molar-refractivity contribution in [2.45, 2.75) is 20.0 Å². The van der Waals surface area contributed by atoms with Gasteiger partial charge >= 0.3 is 0 Å². The zero-order chi connectivity index (χ0) is 8.72. The van der Waals surface area contributed by atoms with Crippen molar-refractivity contribution >= 4 is 15.9 Å². The molecule has 0 spiro atoms. The fourth-order valence-corrected chi connectivity index (χ4v) is 1.77. The van der Waals surface area contributed by atoms with E-state index >= 15 is 0 Å². The molecular formula is C10H11BrO. The lowest BCUT2D eigenvalue weighted by molar-refractivity contribution is 0.415. The fraction of sp³-hybridized carbons (Fsp3) is 0.400. The average Bonchev–Trinajstić information content (AvgIpc) is 2.84. The Balaban J connectivity index is 2.49. The summed E-state index contributed by atoms with van der Waals surface area (Å²) in [7, 11) is 0. The number of epoxide rings is 1. The van der Waals surface area contributed by atoms with E-state index in [2.05, 4.69) is 41.9 Å².